The number of aromatic nitrogens is 1. The summed E-state index contributed by atoms with van der Waals surface area (Å²) in [5.74, 6) is 1.98. The molecule has 1 aromatic carbocycles. The van der Waals surface area contributed by atoms with Crippen molar-refractivity contribution in [2.45, 2.75) is 33.2 Å². The highest BCUT2D eigenvalue weighted by Gasteiger charge is 2.22. The Bertz CT molecular complexity index is 721. The van der Waals surface area contributed by atoms with Gasteiger partial charge in [-0.3, -0.25) is 9.69 Å². The van der Waals surface area contributed by atoms with E-state index in [-0.39, 0.29) is 5.91 Å². The van der Waals surface area contributed by atoms with Gasteiger partial charge in [0, 0.05) is 38.7 Å². The van der Waals surface area contributed by atoms with Crippen molar-refractivity contribution >= 4 is 5.91 Å². The van der Waals surface area contributed by atoms with Gasteiger partial charge in [-0.15, -0.1) is 0 Å². The summed E-state index contributed by atoms with van der Waals surface area (Å²) in [6.45, 7) is 8.54. The van der Waals surface area contributed by atoms with Crippen molar-refractivity contribution in [3.63, 3.8) is 0 Å². The monoisotopic (exact) mass is 357 g/mol. The number of piperazine rings is 1. The molecule has 1 aromatic heterocycles. The zero-order valence-electron chi connectivity index (χ0n) is 15.6. The summed E-state index contributed by atoms with van der Waals surface area (Å²) < 4.78 is 10.9. The molecular weight excluding hydrogens is 330 g/mol. The molecule has 26 heavy (non-hydrogen) atoms. The van der Waals surface area contributed by atoms with Crippen LogP contribution in [0, 0.1) is 6.92 Å². The molecule has 1 saturated heterocycles. The van der Waals surface area contributed by atoms with Gasteiger partial charge in [0.25, 0.3) is 0 Å². The molecule has 0 N–H and O–H groups in total. The van der Waals surface area contributed by atoms with E-state index in [0.29, 0.717) is 19.4 Å². The van der Waals surface area contributed by atoms with E-state index in [2.05, 4.69) is 10.1 Å². The maximum Gasteiger partial charge on any atom is 0.222 e. The maximum atomic E-state index is 12.5. The van der Waals surface area contributed by atoms with Crippen molar-refractivity contribution in [2.75, 3.05) is 32.8 Å². The number of rotatable bonds is 7. The molecule has 0 bridgehead atoms. The summed E-state index contributed by atoms with van der Waals surface area (Å²) in [6.07, 6.45) is 1.23. The minimum absolute atomic E-state index is 0.214. The molecule has 1 fully saturated rings. The molecule has 0 unspecified atom stereocenters. The topological polar surface area (TPSA) is 58.8 Å². The quantitative estimate of drug-likeness (QED) is 0.762. The van der Waals surface area contributed by atoms with Crippen LogP contribution < -0.4 is 4.74 Å². The van der Waals surface area contributed by atoms with Crippen molar-refractivity contribution in [2.24, 2.45) is 0 Å². The molecule has 1 aliphatic heterocycles. The Kier molecular flexibility index (Phi) is 6.28. The van der Waals surface area contributed by atoms with Gasteiger partial charge in [-0.05, 0) is 31.9 Å². The molecule has 1 aliphatic rings. The van der Waals surface area contributed by atoms with Crippen LogP contribution >= 0.6 is 0 Å². The van der Waals surface area contributed by atoms with Crippen LogP contribution in [0.1, 0.15) is 30.4 Å². The molecule has 2 aromatic rings. The summed E-state index contributed by atoms with van der Waals surface area (Å²) in [5.41, 5.74) is 2.00. The van der Waals surface area contributed by atoms with Crippen molar-refractivity contribution in [3.05, 3.63) is 47.3 Å². The van der Waals surface area contributed by atoms with Gasteiger partial charge in [0.15, 0.2) is 5.76 Å². The largest absolute Gasteiger partial charge is 0.494 e. The SMILES string of the molecule is CCOc1ccccc1CCC(=O)N1CCN(Cc2cc(C)no2)CC1. The van der Waals surface area contributed by atoms with Crippen LogP contribution in [-0.2, 0) is 17.8 Å². The van der Waals surface area contributed by atoms with E-state index in [1.165, 1.54) is 0 Å². The van der Waals surface area contributed by atoms with E-state index < -0.39 is 0 Å². The van der Waals surface area contributed by atoms with Gasteiger partial charge >= 0.3 is 0 Å². The fraction of sp³-hybridized carbons (Fsp3) is 0.500. The predicted molar refractivity (Wildman–Crippen MR) is 99.0 cm³/mol. The van der Waals surface area contributed by atoms with Crippen molar-refractivity contribution in [3.8, 4) is 5.75 Å². The first kappa shape index (κ1) is 18.5. The van der Waals surface area contributed by atoms with Crippen LogP contribution in [-0.4, -0.2) is 53.6 Å². The predicted octanol–water partition coefficient (Wildman–Crippen LogP) is 2.66. The number of hydrogen-bond acceptors (Lipinski definition) is 5. The number of para-hydroxylation sites is 1. The minimum Gasteiger partial charge on any atom is -0.494 e. The van der Waals surface area contributed by atoms with Crippen LogP contribution in [0.25, 0.3) is 0 Å². The van der Waals surface area contributed by atoms with Gasteiger partial charge in [-0.25, -0.2) is 0 Å². The van der Waals surface area contributed by atoms with Gasteiger partial charge in [0.05, 0.1) is 18.8 Å². The lowest BCUT2D eigenvalue weighted by atomic mass is 10.1. The molecule has 0 spiro atoms. The number of amides is 1. The van der Waals surface area contributed by atoms with Crippen LogP contribution in [0.4, 0.5) is 0 Å². The molecule has 1 amide bonds. The molecule has 3 rings (SSSR count). The highest BCUT2D eigenvalue weighted by molar-refractivity contribution is 5.76. The molecule has 6 nitrogen and oxygen atoms in total. The Morgan fingerprint density at radius 2 is 2.00 bits per heavy atom. The highest BCUT2D eigenvalue weighted by atomic mass is 16.5. The summed E-state index contributed by atoms with van der Waals surface area (Å²) in [6, 6.07) is 9.92. The number of hydrogen-bond donors (Lipinski definition) is 0. The minimum atomic E-state index is 0.214. The fourth-order valence-electron chi connectivity index (χ4n) is 3.27. The normalized spacial score (nSPS) is 15.2. The zero-order chi connectivity index (χ0) is 18.4. The molecule has 6 heteroatoms. The Labute approximate surface area is 154 Å². The number of benzene rings is 1. The third-order valence-electron chi connectivity index (χ3n) is 4.66. The number of ether oxygens (including phenoxy) is 1. The second kappa shape index (κ2) is 8.85. The van der Waals surface area contributed by atoms with Crippen LogP contribution in [0.15, 0.2) is 34.9 Å². The van der Waals surface area contributed by atoms with E-state index in [1.807, 2.05) is 49.1 Å². The zero-order valence-corrected chi connectivity index (χ0v) is 15.6. The van der Waals surface area contributed by atoms with Gasteiger partial charge < -0.3 is 14.2 Å². The molecule has 0 aliphatic carbocycles. The lowest BCUT2D eigenvalue weighted by molar-refractivity contribution is -0.133. The fourth-order valence-corrected chi connectivity index (χ4v) is 3.27. The average Bonchev–Trinajstić information content (AvgIpc) is 3.06. The Hall–Kier alpha value is -2.34. The number of nitrogens with zero attached hydrogens (tertiary/aromatic N) is 3. The van der Waals surface area contributed by atoms with Crippen molar-refractivity contribution < 1.29 is 14.1 Å². The first-order chi connectivity index (χ1) is 12.7. The average molecular weight is 357 g/mol. The lowest BCUT2D eigenvalue weighted by Gasteiger charge is -2.34. The smallest absolute Gasteiger partial charge is 0.222 e. The Balaban J connectivity index is 1.45. The molecule has 0 atom stereocenters. The molecule has 0 radical (unpaired) electrons. The Morgan fingerprint density at radius 3 is 2.69 bits per heavy atom. The third kappa shape index (κ3) is 4.85. The molecule has 140 valence electrons. The van der Waals surface area contributed by atoms with Crippen molar-refractivity contribution in [1.82, 2.24) is 15.0 Å². The van der Waals surface area contributed by atoms with Crippen LogP contribution in [0.5, 0.6) is 5.75 Å². The van der Waals surface area contributed by atoms with Crippen LogP contribution in [0.3, 0.4) is 0 Å². The van der Waals surface area contributed by atoms with E-state index in [9.17, 15) is 4.79 Å². The number of carbonyl (C=O) groups is 1. The van der Waals surface area contributed by atoms with Crippen molar-refractivity contribution in [1.29, 1.82) is 0 Å². The van der Waals surface area contributed by atoms with Gasteiger partial charge in [0.2, 0.25) is 5.91 Å². The summed E-state index contributed by atoms with van der Waals surface area (Å²) >= 11 is 0. The first-order valence-electron chi connectivity index (χ1n) is 9.28. The number of aryl methyl sites for hydroxylation is 2. The third-order valence-corrected chi connectivity index (χ3v) is 4.66. The summed E-state index contributed by atoms with van der Waals surface area (Å²) in [5, 5.41) is 3.92. The standard InChI is InChI=1S/C20H27N3O3/c1-3-25-19-7-5-4-6-17(19)8-9-20(24)23-12-10-22(11-13-23)15-18-14-16(2)21-26-18/h4-7,14H,3,8-13,15H2,1-2H3. The van der Waals surface area contributed by atoms with Gasteiger partial charge in [0.1, 0.15) is 5.75 Å². The van der Waals surface area contributed by atoms with Crippen LogP contribution in [0.2, 0.25) is 0 Å². The summed E-state index contributed by atoms with van der Waals surface area (Å²) in [7, 11) is 0. The molecule has 2 heterocycles. The highest BCUT2D eigenvalue weighted by Crippen LogP contribution is 2.20. The lowest BCUT2D eigenvalue weighted by Crippen LogP contribution is -2.48. The first-order valence-corrected chi connectivity index (χ1v) is 9.28. The van der Waals surface area contributed by atoms with E-state index in [4.69, 9.17) is 9.26 Å². The van der Waals surface area contributed by atoms with E-state index in [0.717, 1.165) is 55.5 Å². The summed E-state index contributed by atoms with van der Waals surface area (Å²) in [4.78, 5) is 16.8. The van der Waals surface area contributed by atoms with Gasteiger partial charge in [-0.1, -0.05) is 23.4 Å². The van der Waals surface area contributed by atoms with E-state index >= 15 is 0 Å². The number of carbonyl (C=O) groups excluding carboxylic acids is 1. The van der Waals surface area contributed by atoms with Gasteiger partial charge in [-0.2, -0.15) is 0 Å². The second-order valence-corrected chi connectivity index (χ2v) is 6.63. The Morgan fingerprint density at radius 1 is 1.23 bits per heavy atom. The molecular formula is C20H27N3O3. The maximum absolute atomic E-state index is 12.5. The van der Waals surface area contributed by atoms with E-state index in [1.54, 1.807) is 0 Å². The molecule has 0 saturated carbocycles. The second-order valence-electron chi connectivity index (χ2n) is 6.63.